The summed E-state index contributed by atoms with van der Waals surface area (Å²) in [5.41, 5.74) is 2.22. The molecule has 1 aromatic carbocycles. The first-order valence-electron chi connectivity index (χ1n) is 8.24. The molecule has 0 bridgehead atoms. The minimum atomic E-state index is -0.161. The van der Waals surface area contributed by atoms with Gasteiger partial charge in [0, 0.05) is 23.6 Å². The SMILES string of the molecule is CCSc1cc(C(=O)Nc2ccc(Oc3cccnc3)c(C)c2)ccn1. The highest BCUT2D eigenvalue weighted by molar-refractivity contribution is 7.99. The van der Waals surface area contributed by atoms with Crippen LogP contribution >= 0.6 is 11.8 Å². The molecular formula is C20H19N3O2S. The van der Waals surface area contributed by atoms with Crippen LogP contribution in [0.25, 0.3) is 0 Å². The molecule has 0 aliphatic carbocycles. The number of thioether (sulfide) groups is 1. The van der Waals surface area contributed by atoms with Crippen molar-refractivity contribution in [3.63, 3.8) is 0 Å². The highest BCUT2D eigenvalue weighted by atomic mass is 32.2. The number of aryl methyl sites for hydroxylation is 1. The fourth-order valence-corrected chi connectivity index (χ4v) is 3.00. The van der Waals surface area contributed by atoms with Crippen molar-refractivity contribution in [2.45, 2.75) is 18.9 Å². The van der Waals surface area contributed by atoms with E-state index in [0.717, 1.165) is 22.1 Å². The number of hydrogen-bond donors (Lipinski definition) is 1. The maximum atomic E-state index is 12.5. The van der Waals surface area contributed by atoms with Gasteiger partial charge in [0.25, 0.3) is 5.91 Å². The average molecular weight is 365 g/mol. The Morgan fingerprint density at radius 1 is 1.19 bits per heavy atom. The maximum Gasteiger partial charge on any atom is 0.255 e. The molecule has 0 spiro atoms. The molecular weight excluding hydrogens is 346 g/mol. The summed E-state index contributed by atoms with van der Waals surface area (Å²) in [6.07, 6.45) is 5.01. The number of ether oxygens (including phenoxy) is 1. The fourth-order valence-electron chi connectivity index (χ4n) is 2.36. The zero-order valence-electron chi connectivity index (χ0n) is 14.6. The number of hydrogen-bond acceptors (Lipinski definition) is 5. The largest absolute Gasteiger partial charge is 0.455 e. The second-order valence-electron chi connectivity index (χ2n) is 5.54. The number of rotatable bonds is 6. The Morgan fingerprint density at radius 3 is 2.81 bits per heavy atom. The summed E-state index contributed by atoms with van der Waals surface area (Å²) in [5.74, 6) is 2.15. The molecule has 0 atom stereocenters. The third kappa shape index (κ3) is 4.61. The molecule has 0 unspecified atom stereocenters. The third-order valence-electron chi connectivity index (χ3n) is 3.58. The van der Waals surface area contributed by atoms with E-state index in [0.29, 0.717) is 17.0 Å². The quantitative estimate of drug-likeness (QED) is 0.627. The van der Waals surface area contributed by atoms with Crippen LogP contribution < -0.4 is 10.1 Å². The van der Waals surface area contributed by atoms with Crippen molar-refractivity contribution in [3.05, 3.63) is 72.2 Å². The second kappa shape index (κ2) is 8.49. The number of nitrogens with zero attached hydrogens (tertiary/aromatic N) is 2. The minimum absolute atomic E-state index is 0.161. The first-order valence-corrected chi connectivity index (χ1v) is 9.23. The Morgan fingerprint density at radius 2 is 2.08 bits per heavy atom. The number of pyridine rings is 2. The van der Waals surface area contributed by atoms with E-state index in [1.165, 1.54) is 0 Å². The van der Waals surface area contributed by atoms with Crippen LogP contribution in [0.1, 0.15) is 22.8 Å². The summed E-state index contributed by atoms with van der Waals surface area (Å²) in [6, 6.07) is 12.7. The first-order chi connectivity index (χ1) is 12.7. The lowest BCUT2D eigenvalue weighted by Crippen LogP contribution is -2.12. The van der Waals surface area contributed by atoms with E-state index in [-0.39, 0.29) is 5.91 Å². The predicted molar refractivity (Wildman–Crippen MR) is 104 cm³/mol. The van der Waals surface area contributed by atoms with Gasteiger partial charge in [0.1, 0.15) is 11.5 Å². The number of benzene rings is 1. The van der Waals surface area contributed by atoms with E-state index in [1.807, 2.05) is 37.3 Å². The Labute approximate surface area is 156 Å². The molecule has 1 amide bonds. The summed E-state index contributed by atoms with van der Waals surface area (Å²) in [5, 5.41) is 3.76. The van der Waals surface area contributed by atoms with Gasteiger partial charge in [-0.15, -0.1) is 11.8 Å². The first kappa shape index (κ1) is 17.9. The lowest BCUT2D eigenvalue weighted by atomic mass is 10.2. The molecule has 0 fully saturated rings. The number of anilines is 1. The molecule has 0 saturated carbocycles. The van der Waals surface area contributed by atoms with Crippen LogP contribution in [-0.2, 0) is 0 Å². The molecule has 6 heteroatoms. The Bertz CT molecular complexity index is 901. The van der Waals surface area contributed by atoms with Crippen molar-refractivity contribution in [1.82, 2.24) is 9.97 Å². The van der Waals surface area contributed by atoms with Crippen LogP contribution in [0.3, 0.4) is 0 Å². The molecule has 0 saturated heterocycles. The Balaban J connectivity index is 1.71. The molecule has 3 aromatic rings. The molecule has 26 heavy (non-hydrogen) atoms. The maximum absolute atomic E-state index is 12.5. The molecule has 0 radical (unpaired) electrons. The van der Waals surface area contributed by atoms with Gasteiger partial charge in [-0.1, -0.05) is 6.92 Å². The third-order valence-corrected chi connectivity index (χ3v) is 4.39. The van der Waals surface area contributed by atoms with Gasteiger partial charge < -0.3 is 10.1 Å². The summed E-state index contributed by atoms with van der Waals surface area (Å²) in [4.78, 5) is 20.7. The predicted octanol–water partition coefficient (Wildman–Crippen LogP) is 4.94. The smallest absolute Gasteiger partial charge is 0.255 e. The van der Waals surface area contributed by atoms with Gasteiger partial charge in [-0.05, 0) is 60.7 Å². The highest BCUT2D eigenvalue weighted by Gasteiger charge is 2.09. The van der Waals surface area contributed by atoms with Crippen LogP contribution in [0.5, 0.6) is 11.5 Å². The summed E-state index contributed by atoms with van der Waals surface area (Å²) >= 11 is 1.61. The number of aromatic nitrogens is 2. The normalized spacial score (nSPS) is 10.4. The van der Waals surface area contributed by atoms with Gasteiger partial charge >= 0.3 is 0 Å². The average Bonchev–Trinajstić information content (AvgIpc) is 2.65. The zero-order chi connectivity index (χ0) is 18.4. The van der Waals surface area contributed by atoms with E-state index < -0.39 is 0 Å². The van der Waals surface area contributed by atoms with Gasteiger partial charge in [-0.25, -0.2) is 4.98 Å². The minimum Gasteiger partial charge on any atom is -0.455 e. The van der Waals surface area contributed by atoms with Crippen LogP contribution in [-0.4, -0.2) is 21.6 Å². The zero-order valence-corrected chi connectivity index (χ0v) is 15.4. The van der Waals surface area contributed by atoms with Gasteiger partial charge in [0.2, 0.25) is 0 Å². The molecule has 1 N–H and O–H groups in total. The van der Waals surface area contributed by atoms with Crippen LogP contribution in [0.15, 0.2) is 66.1 Å². The van der Waals surface area contributed by atoms with Gasteiger partial charge in [0.15, 0.2) is 0 Å². The van der Waals surface area contributed by atoms with E-state index >= 15 is 0 Å². The van der Waals surface area contributed by atoms with Crippen molar-refractivity contribution in [2.24, 2.45) is 0 Å². The monoisotopic (exact) mass is 365 g/mol. The van der Waals surface area contributed by atoms with Crippen LogP contribution in [0.2, 0.25) is 0 Å². The van der Waals surface area contributed by atoms with Crippen molar-refractivity contribution in [3.8, 4) is 11.5 Å². The van der Waals surface area contributed by atoms with Crippen LogP contribution in [0, 0.1) is 6.92 Å². The molecule has 0 aliphatic rings. The summed E-state index contributed by atoms with van der Waals surface area (Å²) < 4.78 is 5.81. The fraction of sp³-hybridized carbons (Fsp3) is 0.150. The molecule has 3 rings (SSSR count). The lowest BCUT2D eigenvalue weighted by molar-refractivity contribution is 0.102. The second-order valence-corrected chi connectivity index (χ2v) is 6.83. The standard InChI is InChI=1S/C20H19N3O2S/c1-3-26-19-12-15(8-10-22-19)20(24)23-16-6-7-18(14(2)11-16)25-17-5-4-9-21-13-17/h4-13H,3H2,1-2H3,(H,23,24). The summed E-state index contributed by atoms with van der Waals surface area (Å²) in [7, 11) is 0. The van der Waals surface area contributed by atoms with E-state index in [2.05, 4.69) is 22.2 Å². The van der Waals surface area contributed by atoms with Gasteiger partial charge in [-0.3, -0.25) is 9.78 Å². The molecule has 2 aromatic heterocycles. The van der Waals surface area contributed by atoms with E-state index in [9.17, 15) is 4.79 Å². The van der Waals surface area contributed by atoms with Crippen molar-refractivity contribution in [1.29, 1.82) is 0 Å². The van der Waals surface area contributed by atoms with E-state index in [4.69, 9.17) is 4.74 Å². The lowest BCUT2D eigenvalue weighted by Gasteiger charge is -2.11. The van der Waals surface area contributed by atoms with Gasteiger partial charge in [0.05, 0.1) is 11.2 Å². The van der Waals surface area contributed by atoms with Crippen LogP contribution in [0.4, 0.5) is 5.69 Å². The molecule has 132 valence electrons. The van der Waals surface area contributed by atoms with Gasteiger partial charge in [-0.2, -0.15) is 0 Å². The number of carbonyl (C=O) groups excluding carboxylic acids is 1. The van der Waals surface area contributed by atoms with E-state index in [1.54, 1.807) is 42.5 Å². The number of amides is 1. The number of carbonyl (C=O) groups is 1. The Hall–Kier alpha value is -2.86. The highest BCUT2D eigenvalue weighted by Crippen LogP contribution is 2.27. The van der Waals surface area contributed by atoms with Crippen molar-refractivity contribution in [2.75, 3.05) is 11.1 Å². The topological polar surface area (TPSA) is 64.1 Å². The number of nitrogens with one attached hydrogen (secondary N) is 1. The van der Waals surface area contributed by atoms with Crippen molar-refractivity contribution < 1.29 is 9.53 Å². The van der Waals surface area contributed by atoms with Crippen molar-refractivity contribution >= 4 is 23.4 Å². The molecule has 5 nitrogen and oxygen atoms in total. The molecule has 0 aliphatic heterocycles. The Kier molecular flexibility index (Phi) is 5.86. The molecule has 2 heterocycles. The summed E-state index contributed by atoms with van der Waals surface area (Å²) in [6.45, 7) is 3.99.